The average molecular weight is 340 g/mol. The van der Waals surface area contributed by atoms with Crippen molar-refractivity contribution in [3.63, 3.8) is 0 Å². The number of carbonyl (C=O) groups excluding carboxylic acids is 3. The summed E-state index contributed by atoms with van der Waals surface area (Å²) in [7, 11) is 0. The maximum absolute atomic E-state index is 12.1. The average Bonchev–Trinajstić information content (AvgIpc) is 2.57. The highest BCUT2D eigenvalue weighted by Crippen LogP contribution is 2.17. The van der Waals surface area contributed by atoms with E-state index >= 15 is 0 Å². The van der Waals surface area contributed by atoms with E-state index in [1.807, 2.05) is 13.8 Å². The van der Waals surface area contributed by atoms with E-state index in [1.165, 1.54) is 24.2 Å². The molecule has 0 bridgehead atoms. The summed E-state index contributed by atoms with van der Waals surface area (Å²) in [6, 6.07) is 0.136. The first-order valence-electron chi connectivity index (χ1n) is 9.15. The van der Waals surface area contributed by atoms with E-state index in [1.54, 1.807) is 0 Å². The lowest BCUT2D eigenvalue weighted by atomic mass is 9.96. The van der Waals surface area contributed by atoms with E-state index < -0.39 is 0 Å². The van der Waals surface area contributed by atoms with Gasteiger partial charge in [-0.05, 0) is 33.1 Å². The van der Waals surface area contributed by atoms with E-state index in [4.69, 9.17) is 0 Å². The Balaban J connectivity index is 2.16. The van der Waals surface area contributed by atoms with Gasteiger partial charge in [0.1, 0.15) is 0 Å². The molecule has 0 spiro atoms. The number of urea groups is 1. The Morgan fingerprint density at radius 3 is 2.38 bits per heavy atom. The van der Waals surface area contributed by atoms with Crippen LogP contribution >= 0.6 is 0 Å². The lowest BCUT2D eigenvalue weighted by Gasteiger charge is -2.23. The number of nitrogens with zero attached hydrogens (tertiary/aromatic N) is 1. The molecule has 0 atom stereocenters. The van der Waals surface area contributed by atoms with Crippen molar-refractivity contribution in [2.24, 2.45) is 0 Å². The number of hydrogen-bond donors (Lipinski definition) is 3. The third-order valence-electron chi connectivity index (χ3n) is 4.24. The molecule has 0 saturated heterocycles. The number of amides is 4. The molecule has 1 rings (SSSR count). The molecule has 1 fully saturated rings. The molecule has 0 heterocycles. The van der Waals surface area contributed by atoms with E-state index in [0.717, 1.165) is 12.8 Å². The maximum Gasteiger partial charge on any atom is 0.315 e. The van der Waals surface area contributed by atoms with Gasteiger partial charge in [-0.3, -0.25) is 9.59 Å². The van der Waals surface area contributed by atoms with Crippen molar-refractivity contribution in [1.82, 2.24) is 20.9 Å². The topological polar surface area (TPSA) is 90.5 Å². The molecule has 7 heteroatoms. The molecule has 0 aliphatic heterocycles. The van der Waals surface area contributed by atoms with Crippen molar-refractivity contribution in [3.8, 4) is 0 Å². The van der Waals surface area contributed by atoms with Crippen molar-refractivity contribution in [2.45, 2.75) is 64.8 Å². The molecule has 24 heavy (non-hydrogen) atoms. The number of rotatable bonds is 9. The van der Waals surface area contributed by atoms with Crippen molar-refractivity contribution in [2.75, 3.05) is 26.2 Å². The van der Waals surface area contributed by atoms with Crippen LogP contribution in [0.15, 0.2) is 0 Å². The van der Waals surface area contributed by atoms with E-state index in [2.05, 4.69) is 16.0 Å². The summed E-state index contributed by atoms with van der Waals surface area (Å²) in [5.41, 5.74) is 0. The molecule has 0 unspecified atom stereocenters. The highest BCUT2D eigenvalue weighted by atomic mass is 16.2. The van der Waals surface area contributed by atoms with Crippen LogP contribution in [0.4, 0.5) is 4.79 Å². The smallest absolute Gasteiger partial charge is 0.315 e. The molecule has 0 radical (unpaired) electrons. The molecule has 1 aliphatic rings. The minimum absolute atomic E-state index is 0.0572. The fourth-order valence-electron chi connectivity index (χ4n) is 2.89. The van der Waals surface area contributed by atoms with Crippen LogP contribution < -0.4 is 16.0 Å². The fourth-order valence-corrected chi connectivity index (χ4v) is 2.89. The fraction of sp³-hybridized carbons (Fsp3) is 0.824. The van der Waals surface area contributed by atoms with Gasteiger partial charge in [0.15, 0.2) is 0 Å². The summed E-state index contributed by atoms with van der Waals surface area (Å²) in [5.74, 6) is -0.198. The monoisotopic (exact) mass is 340 g/mol. The van der Waals surface area contributed by atoms with Crippen LogP contribution in [0.25, 0.3) is 0 Å². The van der Waals surface area contributed by atoms with Crippen LogP contribution in [-0.4, -0.2) is 55.0 Å². The molecular weight excluding hydrogens is 308 g/mol. The SMILES string of the molecule is CCNC(=O)CN(CC)C(=O)CCCNC(=O)NC1CCCCC1. The predicted molar refractivity (Wildman–Crippen MR) is 93.6 cm³/mol. The second-order valence-corrected chi connectivity index (χ2v) is 6.20. The Labute approximate surface area is 144 Å². The first-order valence-corrected chi connectivity index (χ1v) is 9.15. The summed E-state index contributed by atoms with van der Waals surface area (Å²) in [6.07, 6.45) is 6.62. The predicted octanol–water partition coefficient (Wildman–Crippen LogP) is 1.38. The lowest BCUT2D eigenvalue weighted by Crippen LogP contribution is -2.43. The first kappa shape index (κ1) is 20.3. The molecule has 0 aromatic rings. The first-order chi connectivity index (χ1) is 11.6. The van der Waals surface area contributed by atoms with Gasteiger partial charge in [0, 0.05) is 32.1 Å². The van der Waals surface area contributed by atoms with Gasteiger partial charge in [0.05, 0.1) is 6.54 Å². The van der Waals surface area contributed by atoms with Gasteiger partial charge in [-0.1, -0.05) is 19.3 Å². The molecule has 0 aromatic carbocycles. The van der Waals surface area contributed by atoms with Crippen molar-refractivity contribution in [3.05, 3.63) is 0 Å². The molecule has 0 aromatic heterocycles. The van der Waals surface area contributed by atoms with Crippen LogP contribution in [0.3, 0.4) is 0 Å². The minimum atomic E-state index is -0.149. The van der Waals surface area contributed by atoms with Crippen LogP contribution in [0.1, 0.15) is 58.8 Å². The van der Waals surface area contributed by atoms with E-state index in [9.17, 15) is 14.4 Å². The van der Waals surface area contributed by atoms with E-state index in [0.29, 0.717) is 32.5 Å². The normalized spacial score (nSPS) is 14.8. The maximum atomic E-state index is 12.1. The summed E-state index contributed by atoms with van der Waals surface area (Å²) in [6.45, 7) is 5.32. The van der Waals surface area contributed by atoms with Gasteiger partial charge in [-0.15, -0.1) is 0 Å². The van der Waals surface area contributed by atoms with Crippen LogP contribution in [0.5, 0.6) is 0 Å². The molecular formula is C17H32N4O3. The molecule has 1 saturated carbocycles. The van der Waals surface area contributed by atoms with Crippen molar-refractivity contribution < 1.29 is 14.4 Å². The van der Waals surface area contributed by atoms with Crippen LogP contribution in [0.2, 0.25) is 0 Å². The lowest BCUT2D eigenvalue weighted by molar-refractivity contribution is -0.135. The molecule has 138 valence electrons. The van der Waals surface area contributed by atoms with Crippen LogP contribution in [-0.2, 0) is 9.59 Å². The Hall–Kier alpha value is -1.79. The third kappa shape index (κ3) is 8.17. The van der Waals surface area contributed by atoms with Gasteiger partial charge >= 0.3 is 6.03 Å². The summed E-state index contributed by atoms with van der Waals surface area (Å²) in [5, 5.41) is 8.47. The molecule has 3 N–H and O–H groups in total. The summed E-state index contributed by atoms with van der Waals surface area (Å²) < 4.78 is 0. The standard InChI is InChI=1S/C17H32N4O3/c1-3-18-15(22)13-21(4-2)16(23)11-8-12-19-17(24)20-14-9-6-5-7-10-14/h14H,3-13H2,1-2H3,(H,18,22)(H2,19,20,24). The summed E-state index contributed by atoms with van der Waals surface area (Å²) in [4.78, 5) is 37.0. The number of carbonyl (C=O) groups is 3. The zero-order valence-corrected chi connectivity index (χ0v) is 15.0. The van der Waals surface area contributed by atoms with Gasteiger partial charge in [0.25, 0.3) is 0 Å². The Bertz CT molecular complexity index is 409. The minimum Gasteiger partial charge on any atom is -0.355 e. The second-order valence-electron chi connectivity index (χ2n) is 6.20. The largest absolute Gasteiger partial charge is 0.355 e. The zero-order chi connectivity index (χ0) is 17.8. The van der Waals surface area contributed by atoms with Crippen molar-refractivity contribution in [1.29, 1.82) is 0 Å². The second kappa shape index (κ2) is 11.7. The molecule has 1 aliphatic carbocycles. The quantitative estimate of drug-likeness (QED) is 0.554. The van der Waals surface area contributed by atoms with Gasteiger partial charge in [-0.25, -0.2) is 4.79 Å². The zero-order valence-electron chi connectivity index (χ0n) is 15.0. The van der Waals surface area contributed by atoms with Crippen molar-refractivity contribution >= 4 is 17.8 Å². The van der Waals surface area contributed by atoms with Gasteiger partial charge < -0.3 is 20.9 Å². The molecule has 7 nitrogen and oxygen atoms in total. The highest BCUT2D eigenvalue weighted by Gasteiger charge is 2.16. The Morgan fingerprint density at radius 1 is 1.04 bits per heavy atom. The Morgan fingerprint density at radius 2 is 1.75 bits per heavy atom. The van der Waals surface area contributed by atoms with Gasteiger partial charge in [0.2, 0.25) is 11.8 Å². The van der Waals surface area contributed by atoms with Gasteiger partial charge in [-0.2, -0.15) is 0 Å². The Kier molecular flexibility index (Phi) is 9.88. The van der Waals surface area contributed by atoms with E-state index in [-0.39, 0.29) is 30.4 Å². The molecule has 4 amide bonds. The highest BCUT2D eigenvalue weighted by molar-refractivity contribution is 5.84. The third-order valence-corrected chi connectivity index (χ3v) is 4.24. The summed E-state index contributed by atoms with van der Waals surface area (Å²) >= 11 is 0. The number of nitrogens with one attached hydrogen (secondary N) is 3. The number of likely N-dealkylation sites (N-methyl/N-ethyl adjacent to an activating group) is 2. The number of hydrogen-bond acceptors (Lipinski definition) is 3. The van der Waals surface area contributed by atoms with Crippen LogP contribution in [0, 0.1) is 0 Å².